The van der Waals surface area contributed by atoms with Crippen LogP contribution in [0.1, 0.15) is 22.0 Å². The molecule has 0 radical (unpaired) electrons. The van der Waals surface area contributed by atoms with Crippen molar-refractivity contribution in [3.8, 4) is 22.9 Å². The molecule has 0 amide bonds. The molecule has 0 aliphatic heterocycles. The zero-order valence-electron chi connectivity index (χ0n) is 24.8. The first-order valence-corrected chi connectivity index (χ1v) is 14.9. The highest BCUT2D eigenvalue weighted by molar-refractivity contribution is 7.09. The molecule has 7 aromatic heterocycles. The molecule has 0 aliphatic carbocycles. The van der Waals surface area contributed by atoms with Gasteiger partial charge >= 0.3 is 0 Å². The zero-order chi connectivity index (χ0) is 32.7. The summed E-state index contributed by atoms with van der Waals surface area (Å²) in [5.41, 5.74) is 14.2. The van der Waals surface area contributed by atoms with Crippen LogP contribution < -0.4 is 11.5 Å². The number of furan rings is 2. The van der Waals surface area contributed by atoms with Gasteiger partial charge in [0.2, 0.25) is 11.9 Å². The number of hydrogen-bond donors (Lipinski definition) is 2. The molecule has 8 aromatic rings. The van der Waals surface area contributed by atoms with Gasteiger partial charge in [0, 0.05) is 10.4 Å². The predicted octanol–water partition coefficient (Wildman–Crippen LogP) is 5.18. The number of nitrogen functional groups attached to an aromatic ring is 2. The van der Waals surface area contributed by atoms with Crippen LogP contribution in [-0.2, 0) is 13.1 Å². The molecule has 0 aliphatic rings. The maximum absolute atomic E-state index is 13.9. The minimum Gasteiger partial charge on any atom is -0.460 e. The molecule has 8 rings (SSSR count). The Hall–Kier alpha value is -6.10. The van der Waals surface area contributed by atoms with E-state index in [0.717, 1.165) is 5.76 Å². The number of nitrogens with two attached hydrogens (primary N) is 2. The van der Waals surface area contributed by atoms with Crippen molar-refractivity contribution in [3.05, 3.63) is 93.6 Å². The molecule has 0 unspecified atom stereocenters. The van der Waals surface area contributed by atoms with Crippen LogP contribution >= 0.6 is 11.3 Å². The SMILES string of the molecule is Cc1ccc(-c2nc(N)nc3c2nnn3Cc2c(F)cccc2F)o1.Cc1ccc(-c2nc(N)nc3c2nnn3Cc2cccs2)o1. The van der Waals surface area contributed by atoms with E-state index in [1.807, 2.05) is 36.6 Å². The average molecular weight is 655 g/mol. The second-order valence-corrected chi connectivity index (χ2v) is 11.3. The number of halogens is 2. The number of aromatic nitrogens is 10. The van der Waals surface area contributed by atoms with Gasteiger partial charge in [0.25, 0.3) is 0 Å². The molecule has 0 fully saturated rings. The van der Waals surface area contributed by atoms with Crippen LogP contribution in [0, 0.1) is 25.5 Å². The van der Waals surface area contributed by atoms with Gasteiger partial charge in [-0.15, -0.1) is 21.5 Å². The van der Waals surface area contributed by atoms with Crippen molar-refractivity contribution in [2.45, 2.75) is 26.9 Å². The lowest BCUT2D eigenvalue weighted by molar-refractivity contribution is 0.531. The Morgan fingerprint density at radius 1 is 0.681 bits per heavy atom. The quantitative estimate of drug-likeness (QED) is 0.239. The number of anilines is 2. The van der Waals surface area contributed by atoms with Crippen LogP contribution in [0.3, 0.4) is 0 Å². The fourth-order valence-corrected chi connectivity index (χ4v) is 5.50. The van der Waals surface area contributed by atoms with Crippen molar-refractivity contribution >= 4 is 45.6 Å². The normalized spacial score (nSPS) is 11.3. The van der Waals surface area contributed by atoms with E-state index in [2.05, 4.69) is 40.6 Å². The molecule has 0 atom stereocenters. The van der Waals surface area contributed by atoms with Gasteiger partial charge < -0.3 is 20.3 Å². The number of fused-ring (bicyclic) bond motifs is 2. The maximum atomic E-state index is 13.9. The Morgan fingerprint density at radius 2 is 1.21 bits per heavy atom. The Kier molecular flexibility index (Phi) is 7.56. The summed E-state index contributed by atoms with van der Waals surface area (Å²) in [6, 6.07) is 14.9. The molecule has 0 saturated heterocycles. The zero-order valence-corrected chi connectivity index (χ0v) is 25.6. The largest absolute Gasteiger partial charge is 0.460 e. The third kappa shape index (κ3) is 5.86. The Labute approximate surface area is 267 Å². The first kappa shape index (κ1) is 29.6. The maximum Gasteiger partial charge on any atom is 0.222 e. The highest BCUT2D eigenvalue weighted by Gasteiger charge is 2.20. The summed E-state index contributed by atoms with van der Waals surface area (Å²) in [6.45, 7) is 4.09. The summed E-state index contributed by atoms with van der Waals surface area (Å²) in [5.74, 6) is 1.37. The minimum atomic E-state index is -0.674. The van der Waals surface area contributed by atoms with E-state index >= 15 is 0 Å². The standard InChI is InChI=1S/C16H12F2N6O.C14H12N6OS/c1-8-5-6-12(25-8)13-14-15(21-16(19)20-13)24(23-22-14)7-9-10(17)3-2-4-11(9)18;1-8-4-5-10(21-8)11-12-13(17-14(15)16-11)20(19-18-12)7-9-3-2-6-22-9/h2-6H,7H2,1H3,(H2,19,20,21);2-6H,7H2,1H3,(H2,15,16,17). The minimum absolute atomic E-state index is 0.0193. The van der Waals surface area contributed by atoms with E-state index in [1.165, 1.54) is 27.8 Å². The van der Waals surface area contributed by atoms with Crippen LogP contribution in [-0.4, -0.2) is 49.9 Å². The molecule has 14 nitrogen and oxygen atoms in total. The topological polar surface area (TPSA) is 191 Å². The van der Waals surface area contributed by atoms with Gasteiger partial charge in [-0.3, -0.25) is 0 Å². The third-order valence-electron chi connectivity index (χ3n) is 6.96. The summed E-state index contributed by atoms with van der Waals surface area (Å²) in [7, 11) is 0. The predicted molar refractivity (Wildman–Crippen MR) is 169 cm³/mol. The molecule has 0 bridgehead atoms. The van der Waals surface area contributed by atoms with Crippen molar-refractivity contribution in [2.75, 3.05) is 11.5 Å². The van der Waals surface area contributed by atoms with Crippen LogP contribution in [0.2, 0.25) is 0 Å². The second-order valence-electron chi connectivity index (χ2n) is 10.3. The van der Waals surface area contributed by atoms with Crippen LogP contribution in [0.4, 0.5) is 20.7 Å². The van der Waals surface area contributed by atoms with Gasteiger partial charge in [-0.2, -0.15) is 9.97 Å². The summed E-state index contributed by atoms with van der Waals surface area (Å²) in [5, 5.41) is 18.4. The van der Waals surface area contributed by atoms with Gasteiger partial charge in [-0.1, -0.05) is 22.6 Å². The first-order valence-electron chi connectivity index (χ1n) is 14.1. The van der Waals surface area contributed by atoms with Gasteiger partial charge in [0.05, 0.1) is 13.1 Å². The van der Waals surface area contributed by atoms with Crippen molar-refractivity contribution in [2.24, 2.45) is 0 Å². The summed E-state index contributed by atoms with van der Waals surface area (Å²) in [6.07, 6.45) is 0. The second kappa shape index (κ2) is 12.0. The Bertz CT molecular complexity index is 2340. The highest BCUT2D eigenvalue weighted by atomic mass is 32.1. The molecule has 7 heterocycles. The number of rotatable bonds is 6. The van der Waals surface area contributed by atoms with Crippen LogP contribution in [0.15, 0.2) is 68.8 Å². The fraction of sp³-hybridized carbons (Fsp3) is 0.133. The Balaban J connectivity index is 0.000000151. The van der Waals surface area contributed by atoms with E-state index < -0.39 is 11.6 Å². The number of benzene rings is 1. The van der Waals surface area contributed by atoms with E-state index in [4.69, 9.17) is 20.3 Å². The molecular formula is C30H24F2N12O2S. The lowest BCUT2D eigenvalue weighted by Gasteiger charge is -2.06. The van der Waals surface area contributed by atoms with Crippen molar-refractivity contribution in [1.29, 1.82) is 0 Å². The highest BCUT2D eigenvalue weighted by Crippen LogP contribution is 2.29. The lowest BCUT2D eigenvalue weighted by Crippen LogP contribution is -2.08. The molecule has 236 valence electrons. The van der Waals surface area contributed by atoms with E-state index in [-0.39, 0.29) is 29.7 Å². The van der Waals surface area contributed by atoms with Gasteiger partial charge in [0.15, 0.2) is 33.8 Å². The van der Waals surface area contributed by atoms with E-state index in [0.29, 0.717) is 51.9 Å². The summed E-state index contributed by atoms with van der Waals surface area (Å²) >= 11 is 1.66. The molecule has 1 aromatic carbocycles. The molecule has 0 saturated carbocycles. The van der Waals surface area contributed by atoms with Gasteiger partial charge in [-0.25, -0.2) is 28.1 Å². The summed E-state index contributed by atoms with van der Waals surface area (Å²) in [4.78, 5) is 17.9. The van der Waals surface area contributed by atoms with Crippen molar-refractivity contribution in [3.63, 3.8) is 0 Å². The monoisotopic (exact) mass is 654 g/mol. The number of hydrogen-bond acceptors (Lipinski definition) is 13. The molecule has 0 spiro atoms. The molecule has 4 N–H and O–H groups in total. The van der Waals surface area contributed by atoms with Crippen molar-refractivity contribution in [1.82, 2.24) is 49.9 Å². The number of aryl methyl sites for hydroxylation is 2. The fourth-order valence-electron chi connectivity index (χ4n) is 4.81. The average Bonchev–Trinajstić information content (AvgIpc) is 3.89. The smallest absolute Gasteiger partial charge is 0.222 e. The van der Waals surface area contributed by atoms with Crippen LogP contribution in [0.25, 0.3) is 45.2 Å². The lowest BCUT2D eigenvalue weighted by atomic mass is 10.2. The number of nitrogens with zero attached hydrogens (tertiary/aromatic N) is 10. The van der Waals surface area contributed by atoms with Gasteiger partial charge in [0.1, 0.15) is 34.5 Å². The third-order valence-corrected chi connectivity index (χ3v) is 7.82. The van der Waals surface area contributed by atoms with Crippen LogP contribution in [0.5, 0.6) is 0 Å². The van der Waals surface area contributed by atoms with E-state index in [1.54, 1.807) is 35.1 Å². The first-order chi connectivity index (χ1) is 22.7. The molecular weight excluding hydrogens is 630 g/mol. The summed E-state index contributed by atoms with van der Waals surface area (Å²) < 4.78 is 42.0. The molecule has 47 heavy (non-hydrogen) atoms. The van der Waals surface area contributed by atoms with E-state index in [9.17, 15) is 8.78 Å². The number of thiophene rings is 1. The van der Waals surface area contributed by atoms with Crippen molar-refractivity contribution < 1.29 is 17.6 Å². The molecule has 17 heteroatoms. The van der Waals surface area contributed by atoms with Gasteiger partial charge in [-0.05, 0) is 61.7 Å². The Morgan fingerprint density at radius 3 is 1.68 bits per heavy atom.